The number of aromatic nitrogens is 3. The molecule has 0 aliphatic carbocycles. The van der Waals surface area contributed by atoms with Gasteiger partial charge in [0.15, 0.2) is 5.82 Å². The molecule has 0 fully saturated rings. The van der Waals surface area contributed by atoms with Crippen molar-refractivity contribution in [3.8, 4) is 11.4 Å². The molecule has 0 unspecified atom stereocenters. The number of furan rings is 1. The van der Waals surface area contributed by atoms with Crippen molar-refractivity contribution in [2.24, 2.45) is 0 Å². The fraction of sp³-hybridized carbons (Fsp3) is 0.350. The van der Waals surface area contributed by atoms with Crippen molar-refractivity contribution in [1.29, 1.82) is 0 Å². The van der Waals surface area contributed by atoms with Gasteiger partial charge in [-0.25, -0.2) is 0 Å². The Labute approximate surface area is 162 Å². The van der Waals surface area contributed by atoms with E-state index in [2.05, 4.69) is 20.1 Å². The summed E-state index contributed by atoms with van der Waals surface area (Å²) in [5.74, 6) is 2.50. The lowest BCUT2D eigenvalue weighted by Crippen LogP contribution is -2.12. The summed E-state index contributed by atoms with van der Waals surface area (Å²) in [5, 5.41) is 12.2. The Hall–Kier alpha value is -2.60. The minimum absolute atomic E-state index is 0.0697. The van der Waals surface area contributed by atoms with Gasteiger partial charge in [-0.3, -0.25) is 4.79 Å². The number of hydrogen-bond donors (Lipinski definition) is 1. The van der Waals surface area contributed by atoms with Crippen LogP contribution in [0.2, 0.25) is 5.02 Å². The maximum atomic E-state index is 12.2. The van der Waals surface area contributed by atoms with Gasteiger partial charge < -0.3 is 14.3 Å². The highest BCUT2D eigenvalue weighted by Crippen LogP contribution is 2.31. The van der Waals surface area contributed by atoms with Crippen LogP contribution in [-0.2, 0) is 24.2 Å². The maximum Gasteiger partial charge on any atom is 0.224 e. The fourth-order valence-electron chi connectivity index (χ4n) is 3.37. The van der Waals surface area contributed by atoms with Crippen LogP contribution in [0.5, 0.6) is 0 Å². The Kier molecular flexibility index (Phi) is 5.25. The highest BCUT2D eigenvalue weighted by molar-refractivity contribution is 6.33. The molecule has 27 heavy (non-hydrogen) atoms. The molecule has 0 radical (unpaired) electrons. The normalized spacial score (nSPS) is 13.8. The van der Waals surface area contributed by atoms with Crippen LogP contribution in [0.1, 0.15) is 37.3 Å². The SMILES string of the molecule is O=C(CCc1ccco1)Nc1ccc(Cl)c(-c2nnc3n2CCCCC3)c1. The quantitative estimate of drug-likeness (QED) is 0.703. The predicted octanol–water partition coefficient (Wildman–Crippen LogP) is 4.49. The number of halogens is 1. The minimum atomic E-state index is -0.0697. The largest absolute Gasteiger partial charge is 0.469 e. The van der Waals surface area contributed by atoms with Crippen molar-refractivity contribution in [3.05, 3.63) is 53.2 Å². The van der Waals surface area contributed by atoms with E-state index in [1.165, 1.54) is 6.42 Å². The number of fused-ring (bicyclic) bond motifs is 1. The molecule has 1 N–H and O–H groups in total. The first-order valence-corrected chi connectivity index (χ1v) is 9.63. The monoisotopic (exact) mass is 384 g/mol. The second-order valence-electron chi connectivity index (χ2n) is 6.72. The molecule has 2 aromatic heterocycles. The summed E-state index contributed by atoms with van der Waals surface area (Å²) < 4.78 is 7.42. The van der Waals surface area contributed by atoms with Crippen molar-refractivity contribution in [3.63, 3.8) is 0 Å². The number of amides is 1. The first-order valence-electron chi connectivity index (χ1n) is 9.25. The summed E-state index contributed by atoms with van der Waals surface area (Å²) in [7, 11) is 0. The number of carbonyl (C=O) groups is 1. The molecular weight excluding hydrogens is 364 g/mol. The van der Waals surface area contributed by atoms with Crippen LogP contribution in [0.3, 0.4) is 0 Å². The first kappa shape index (κ1) is 17.8. The van der Waals surface area contributed by atoms with Crippen molar-refractivity contribution < 1.29 is 9.21 Å². The molecule has 1 aliphatic heterocycles. The van der Waals surface area contributed by atoms with E-state index in [-0.39, 0.29) is 5.91 Å². The zero-order valence-electron chi connectivity index (χ0n) is 14.9. The van der Waals surface area contributed by atoms with Crippen molar-refractivity contribution in [1.82, 2.24) is 14.8 Å². The number of hydrogen-bond acceptors (Lipinski definition) is 4. The van der Waals surface area contributed by atoms with Crippen LogP contribution in [0, 0.1) is 0 Å². The minimum Gasteiger partial charge on any atom is -0.469 e. The number of rotatable bonds is 5. The Morgan fingerprint density at radius 2 is 2.15 bits per heavy atom. The molecule has 0 saturated heterocycles. The molecule has 1 amide bonds. The smallest absolute Gasteiger partial charge is 0.224 e. The highest BCUT2D eigenvalue weighted by atomic mass is 35.5. The number of anilines is 1. The van der Waals surface area contributed by atoms with E-state index in [0.29, 0.717) is 23.6 Å². The van der Waals surface area contributed by atoms with Crippen LogP contribution in [0.4, 0.5) is 5.69 Å². The molecule has 1 aromatic carbocycles. The van der Waals surface area contributed by atoms with Gasteiger partial charge >= 0.3 is 0 Å². The van der Waals surface area contributed by atoms with Gasteiger partial charge in [0.25, 0.3) is 0 Å². The zero-order valence-corrected chi connectivity index (χ0v) is 15.7. The Morgan fingerprint density at radius 1 is 1.22 bits per heavy atom. The Morgan fingerprint density at radius 3 is 3.00 bits per heavy atom. The van der Waals surface area contributed by atoms with Crippen LogP contribution in [0.25, 0.3) is 11.4 Å². The molecule has 3 aromatic rings. The van der Waals surface area contributed by atoms with E-state index in [0.717, 1.165) is 48.8 Å². The van der Waals surface area contributed by atoms with Gasteiger partial charge in [0, 0.05) is 37.1 Å². The summed E-state index contributed by atoms with van der Waals surface area (Å²) in [5.41, 5.74) is 1.49. The number of aryl methyl sites for hydroxylation is 2. The van der Waals surface area contributed by atoms with Crippen LogP contribution >= 0.6 is 11.6 Å². The van der Waals surface area contributed by atoms with E-state index in [4.69, 9.17) is 16.0 Å². The molecule has 3 heterocycles. The van der Waals surface area contributed by atoms with Gasteiger partial charge in [-0.05, 0) is 43.2 Å². The van der Waals surface area contributed by atoms with Crippen molar-refractivity contribution in [2.75, 3.05) is 5.32 Å². The van der Waals surface area contributed by atoms with Gasteiger partial charge in [0.1, 0.15) is 11.6 Å². The standard InChI is InChI=1S/C20H21ClN4O2/c21-17-9-7-14(22-19(26)10-8-15-5-4-12-27-15)13-16(17)20-24-23-18-6-2-1-3-11-25(18)20/h4-5,7,9,12-13H,1-3,6,8,10-11H2,(H,22,26). The molecule has 7 heteroatoms. The zero-order chi connectivity index (χ0) is 18.6. The second kappa shape index (κ2) is 7.96. The number of nitrogens with one attached hydrogen (secondary N) is 1. The maximum absolute atomic E-state index is 12.2. The van der Waals surface area contributed by atoms with Gasteiger partial charge in [-0.2, -0.15) is 0 Å². The molecule has 0 spiro atoms. The number of benzene rings is 1. The summed E-state index contributed by atoms with van der Waals surface area (Å²) >= 11 is 6.43. The average molecular weight is 385 g/mol. The lowest BCUT2D eigenvalue weighted by atomic mass is 10.1. The average Bonchev–Trinajstić information content (AvgIpc) is 3.27. The van der Waals surface area contributed by atoms with E-state index in [1.54, 1.807) is 18.4 Å². The Bertz CT molecular complexity index is 934. The van der Waals surface area contributed by atoms with E-state index >= 15 is 0 Å². The summed E-state index contributed by atoms with van der Waals surface area (Å²) in [6.07, 6.45) is 6.91. The molecule has 140 valence electrons. The fourth-order valence-corrected chi connectivity index (χ4v) is 3.58. The van der Waals surface area contributed by atoms with Gasteiger partial charge in [-0.15, -0.1) is 10.2 Å². The molecule has 0 saturated carbocycles. The molecule has 6 nitrogen and oxygen atoms in total. The third-order valence-electron chi connectivity index (χ3n) is 4.78. The van der Waals surface area contributed by atoms with Crippen molar-refractivity contribution >= 4 is 23.2 Å². The van der Waals surface area contributed by atoms with E-state index in [9.17, 15) is 4.79 Å². The second-order valence-corrected chi connectivity index (χ2v) is 7.13. The molecule has 4 rings (SSSR count). The third-order valence-corrected chi connectivity index (χ3v) is 5.11. The summed E-state index contributed by atoms with van der Waals surface area (Å²) in [6, 6.07) is 9.15. The summed E-state index contributed by atoms with van der Waals surface area (Å²) in [4.78, 5) is 12.2. The van der Waals surface area contributed by atoms with Crippen LogP contribution in [-0.4, -0.2) is 20.7 Å². The van der Waals surface area contributed by atoms with Gasteiger partial charge in [0.05, 0.1) is 11.3 Å². The highest BCUT2D eigenvalue weighted by Gasteiger charge is 2.18. The summed E-state index contributed by atoms with van der Waals surface area (Å²) in [6.45, 7) is 0.897. The lowest BCUT2D eigenvalue weighted by Gasteiger charge is -2.11. The predicted molar refractivity (Wildman–Crippen MR) is 104 cm³/mol. The lowest BCUT2D eigenvalue weighted by molar-refractivity contribution is -0.116. The molecule has 1 aliphatic rings. The molecule has 0 bridgehead atoms. The van der Waals surface area contributed by atoms with Crippen LogP contribution in [0.15, 0.2) is 41.0 Å². The van der Waals surface area contributed by atoms with Crippen molar-refractivity contribution in [2.45, 2.75) is 45.1 Å². The molecular formula is C20H21ClN4O2. The third kappa shape index (κ3) is 4.06. The molecule has 0 atom stereocenters. The van der Waals surface area contributed by atoms with Crippen LogP contribution < -0.4 is 5.32 Å². The number of carbonyl (C=O) groups excluding carboxylic acids is 1. The van der Waals surface area contributed by atoms with E-state index < -0.39 is 0 Å². The van der Waals surface area contributed by atoms with Gasteiger partial charge in [-0.1, -0.05) is 18.0 Å². The first-order chi connectivity index (χ1) is 13.2. The Balaban J connectivity index is 1.52. The topological polar surface area (TPSA) is 73.0 Å². The van der Waals surface area contributed by atoms with Gasteiger partial charge in [0.2, 0.25) is 5.91 Å². The van der Waals surface area contributed by atoms with E-state index in [1.807, 2.05) is 18.2 Å². The number of nitrogens with zero attached hydrogens (tertiary/aromatic N) is 3.